The first-order chi connectivity index (χ1) is 13.9. The van der Waals surface area contributed by atoms with Gasteiger partial charge in [0.25, 0.3) is 0 Å². The lowest BCUT2D eigenvalue weighted by atomic mass is 9.87. The van der Waals surface area contributed by atoms with E-state index in [1.165, 1.54) is 18.7 Å². The molecule has 0 bridgehead atoms. The minimum Gasteiger partial charge on any atom is -0.490 e. The summed E-state index contributed by atoms with van der Waals surface area (Å²) in [5.41, 5.74) is 0.498. The summed E-state index contributed by atoms with van der Waals surface area (Å²) in [5.74, 6) is 0.744. The van der Waals surface area contributed by atoms with E-state index in [2.05, 4.69) is 9.97 Å². The Morgan fingerprint density at radius 1 is 1.07 bits per heavy atom. The maximum Gasteiger partial charge on any atom is 0.433 e. The SMILES string of the molecule is OC(c1cnccc1OC1CCC1)C1CCN(c2ccc(C(F)(F)F)nc2)CC1. The molecule has 1 N–H and O–H groups in total. The third-order valence-corrected chi connectivity index (χ3v) is 5.86. The summed E-state index contributed by atoms with van der Waals surface area (Å²) in [4.78, 5) is 9.70. The average Bonchev–Trinajstić information content (AvgIpc) is 2.70. The molecular formula is C21H24F3N3O2. The highest BCUT2D eigenvalue weighted by Gasteiger charge is 2.33. The van der Waals surface area contributed by atoms with Crippen LogP contribution in [-0.4, -0.2) is 34.3 Å². The number of pyridine rings is 2. The van der Waals surface area contributed by atoms with Gasteiger partial charge in [0.2, 0.25) is 0 Å². The van der Waals surface area contributed by atoms with Gasteiger partial charge in [0.1, 0.15) is 11.4 Å². The van der Waals surface area contributed by atoms with Gasteiger partial charge in [0.05, 0.1) is 24.1 Å². The zero-order valence-corrected chi connectivity index (χ0v) is 16.0. The number of aliphatic hydroxyl groups is 1. The van der Waals surface area contributed by atoms with Crippen molar-refractivity contribution in [2.45, 2.75) is 50.5 Å². The second-order valence-electron chi connectivity index (χ2n) is 7.75. The van der Waals surface area contributed by atoms with Crippen molar-refractivity contribution < 1.29 is 23.0 Å². The second-order valence-corrected chi connectivity index (χ2v) is 7.75. The number of aliphatic hydroxyl groups excluding tert-OH is 1. The Hall–Kier alpha value is -2.35. The summed E-state index contributed by atoms with van der Waals surface area (Å²) in [6.07, 6.45) is 4.42. The number of hydrogen-bond acceptors (Lipinski definition) is 5. The Labute approximate surface area is 167 Å². The van der Waals surface area contributed by atoms with Gasteiger partial charge < -0.3 is 14.7 Å². The topological polar surface area (TPSA) is 58.5 Å². The lowest BCUT2D eigenvalue weighted by Crippen LogP contribution is -2.36. The monoisotopic (exact) mass is 407 g/mol. The van der Waals surface area contributed by atoms with Crippen LogP contribution in [0.25, 0.3) is 0 Å². The molecule has 2 aromatic heterocycles. The van der Waals surface area contributed by atoms with Crippen molar-refractivity contribution in [3.05, 3.63) is 48.0 Å². The van der Waals surface area contributed by atoms with Crippen LogP contribution < -0.4 is 9.64 Å². The highest BCUT2D eigenvalue weighted by Crippen LogP contribution is 2.37. The Balaban J connectivity index is 1.38. The number of anilines is 1. The van der Waals surface area contributed by atoms with Crippen molar-refractivity contribution in [3.8, 4) is 5.75 Å². The van der Waals surface area contributed by atoms with Gasteiger partial charge in [-0.25, -0.2) is 4.98 Å². The molecule has 29 heavy (non-hydrogen) atoms. The maximum atomic E-state index is 12.7. The molecule has 8 heteroatoms. The quantitative estimate of drug-likeness (QED) is 0.797. The highest BCUT2D eigenvalue weighted by atomic mass is 19.4. The first-order valence-electron chi connectivity index (χ1n) is 9.98. The molecule has 2 aliphatic rings. The summed E-state index contributed by atoms with van der Waals surface area (Å²) in [6.45, 7) is 1.29. The van der Waals surface area contributed by atoms with Gasteiger partial charge in [0.15, 0.2) is 0 Å². The van der Waals surface area contributed by atoms with Crippen molar-refractivity contribution in [1.29, 1.82) is 0 Å². The number of aromatic nitrogens is 2. The average molecular weight is 407 g/mol. The Morgan fingerprint density at radius 2 is 1.83 bits per heavy atom. The molecule has 1 saturated carbocycles. The fraction of sp³-hybridized carbons (Fsp3) is 0.524. The van der Waals surface area contributed by atoms with E-state index in [9.17, 15) is 18.3 Å². The number of halogens is 3. The van der Waals surface area contributed by atoms with E-state index in [0.717, 1.165) is 31.7 Å². The predicted molar refractivity (Wildman–Crippen MR) is 102 cm³/mol. The van der Waals surface area contributed by atoms with Crippen LogP contribution >= 0.6 is 0 Å². The molecular weight excluding hydrogens is 383 g/mol. The number of nitrogens with zero attached hydrogens (tertiary/aromatic N) is 3. The Bertz CT molecular complexity index is 817. The minimum atomic E-state index is -4.43. The number of ether oxygens (including phenoxy) is 1. The Morgan fingerprint density at radius 3 is 2.41 bits per heavy atom. The minimum absolute atomic E-state index is 0.0431. The van der Waals surface area contributed by atoms with Crippen LogP contribution in [0.3, 0.4) is 0 Å². The summed E-state index contributed by atoms with van der Waals surface area (Å²) >= 11 is 0. The fourth-order valence-electron chi connectivity index (χ4n) is 3.86. The summed E-state index contributed by atoms with van der Waals surface area (Å²) in [7, 11) is 0. The zero-order chi connectivity index (χ0) is 20.4. The standard InChI is InChI=1S/C21H24F3N3O2/c22-21(23,24)19-5-4-15(12-26-19)27-10-7-14(8-11-27)20(28)17-13-25-9-6-18(17)29-16-2-1-3-16/h4-6,9,12-14,16,20,28H,1-3,7-8,10-11H2. The van der Waals surface area contributed by atoms with E-state index >= 15 is 0 Å². The fourth-order valence-corrected chi connectivity index (χ4v) is 3.86. The van der Waals surface area contributed by atoms with E-state index < -0.39 is 18.0 Å². The molecule has 0 aromatic carbocycles. The molecule has 156 valence electrons. The van der Waals surface area contributed by atoms with Crippen LogP contribution in [0.1, 0.15) is 49.5 Å². The zero-order valence-electron chi connectivity index (χ0n) is 16.0. The van der Waals surface area contributed by atoms with Crippen molar-refractivity contribution in [2.75, 3.05) is 18.0 Å². The molecule has 5 nitrogen and oxygen atoms in total. The van der Waals surface area contributed by atoms with Crippen LogP contribution in [0.15, 0.2) is 36.8 Å². The van der Waals surface area contributed by atoms with Gasteiger partial charge in [-0.1, -0.05) is 0 Å². The van der Waals surface area contributed by atoms with Crippen molar-refractivity contribution in [3.63, 3.8) is 0 Å². The van der Waals surface area contributed by atoms with E-state index in [0.29, 0.717) is 30.1 Å². The molecule has 0 amide bonds. The number of piperidine rings is 1. The molecule has 1 aliphatic heterocycles. The van der Waals surface area contributed by atoms with Crippen LogP contribution in [0.5, 0.6) is 5.75 Å². The lowest BCUT2D eigenvalue weighted by molar-refractivity contribution is -0.141. The molecule has 2 fully saturated rings. The molecule has 4 rings (SSSR count). The van der Waals surface area contributed by atoms with Gasteiger partial charge >= 0.3 is 6.18 Å². The highest BCUT2D eigenvalue weighted by molar-refractivity contribution is 5.45. The van der Waals surface area contributed by atoms with Gasteiger partial charge in [0, 0.05) is 31.0 Å². The molecule has 0 radical (unpaired) electrons. The molecule has 1 unspecified atom stereocenters. The summed E-state index contributed by atoms with van der Waals surface area (Å²) in [6, 6.07) is 4.27. The van der Waals surface area contributed by atoms with E-state index in [-0.39, 0.29) is 12.0 Å². The van der Waals surface area contributed by atoms with E-state index in [1.807, 2.05) is 4.90 Å². The number of alkyl halides is 3. The van der Waals surface area contributed by atoms with Crippen LogP contribution in [0, 0.1) is 5.92 Å². The normalized spacial score (nSPS) is 19.7. The predicted octanol–water partition coefficient (Wildman–Crippen LogP) is 4.38. The first-order valence-corrected chi connectivity index (χ1v) is 9.98. The van der Waals surface area contributed by atoms with Crippen LogP contribution in [0.4, 0.5) is 18.9 Å². The lowest BCUT2D eigenvalue weighted by Gasteiger charge is -2.36. The molecule has 3 heterocycles. The largest absolute Gasteiger partial charge is 0.490 e. The first kappa shape index (κ1) is 19.9. The molecule has 2 aromatic rings. The summed E-state index contributed by atoms with van der Waals surface area (Å²) in [5, 5.41) is 10.9. The number of hydrogen-bond donors (Lipinski definition) is 1. The Kier molecular flexibility index (Phi) is 5.63. The van der Waals surface area contributed by atoms with E-state index in [1.54, 1.807) is 18.5 Å². The molecule has 1 aliphatic carbocycles. The van der Waals surface area contributed by atoms with Gasteiger partial charge in [-0.05, 0) is 56.2 Å². The number of rotatable bonds is 5. The van der Waals surface area contributed by atoms with Gasteiger partial charge in [-0.2, -0.15) is 13.2 Å². The van der Waals surface area contributed by atoms with Crippen LogP contribution in [0.2, 0.25) is 0 Å². The smallest absolute Gasteiger partial charge is 0.433 e. The van der Waals surface area contributed by atoms with Crippen molar-refractivity contribution in [1.82, 2.24) is 9.97 Å². The third kappa shape index (κ3) is 4.47. The maximum absolute atomic E-state index is 12.7. The van der Waals surface area contributed by atoms with Gasteiger partial charge in [-0.3, -0.25) is 4.98 Å². The third-order valence-electron chi connectivity index (χ3n) is 5.86. The van der Waals surface area contributed by atoms with Gasteiger partial charge in [-0.15, -0.1) is 0 Å². The van der Waals surface area contributed by atoms with Crippen LogP contribution in [-0.2, 0) is 6.18 Å². The molecule has 1 saturated heterocycles. The van der Waals surface area contributed by atoms with E-state index in [4.69, 9.17) is 4.74 Å². The van der Waals surface area contributed by atoms with Crippen molar-refractivity contribution >= 4 is 5.69 Å². The molecule has 0 spiro atoms. The van der Waals surface area contributed by atoms with Crippen molar-refractivity contribution in [2.24, 2.45) is 5.92 Å². The summed E-state index contributed by atoms with van der Waals surface area (Å²) < 4.78 is 44.1. The molecule has 1 atom stereocenters. The second kappa shape index (κ2) is 8.18.